The highest BCUT2D eigenvalue weighted by atomic mass is 16.5. The van der Waals surface area contributed by atoms with Gasteiger partial charge in [0.05, 0.1) is 12.2 Å². The SMILES string of the molecule is OC(CCC1CC1)CCC1CCCCO1. The first kappa shape index (κ1) is 11.4. The topological polar surface area (TPSA) is 29.5 Å². The molecule has 2 nitrogen and oxygen atoms in total. The number of hydrogen-bond acceptors (Lipinski definition) is 2. The summed E-state index contributed by atoms with van der Waals surface area (Å²) in [5.41, 5.74) is 0. The predicted molar refractivity (Wildman–Crippen MR) is 60.8 cm³/mol. The second-order valence-electron chi connectivity index (χ2n) is 5.24. The van der Waals surface area contributed by atoms with Gasteiger partial charge in [0.15, 0.2) is 0 Å². The first-order chi connectivity index (χ1) is 7.34. The molecule has 1 saturated carbocycles. The van der Waals surface area contributed by atoms with Crippen molar-refractivity contribution in [2.45, 2.75) is 70.0 Å². The van der Waals surface area contributed by atoms with E-state index in [1.54, 1.807) is 0 Å². The van der Waals surface area contributed by atoms with Crippen LogP contribution in [0.15, 0.2) is 0 Å². The third-order valence-corrected chi connectivity index (χ3v) is 3.70. The summed E-state index contributed by atoms with van der Waals surface area (Å²) < 4.78 is 5.66. The molecule has 2 rings (SSSR count). The molecule has 2 fully saturated rings. The van der Waals surface area contributed by atoms with Crippen LogP contribution in [-0.4, -0.2) is 23.9 Å². The Morgan fingerprint density at radius 1 is 1.07 bits per heavy atom. The van der Waals surface area contributed by atoms with Crippen LogP contribution in [-0.2, 0) is 4.74 Å². The van der Waals surface area contributed by atoms with E-state index < -0.39 is 0 Å². The fourth-order valence-corrected chi connectivity index (χ4v) is 2.39. The van der Waals surface area contributed by atoms with E-state index in [0.29, 0.717) is 6.10 Å². The maximum absolute atomic E-state index is 9.80. The second kappa shape index (κ2) is 5.86. The fourth-order valence-electron chi connectivity index (χ4n) is 2.39. The molecule has 1 aliphatic carbocycles. The lowest BCUT2D eigenvalue weighted by Crippen LogP contribution is -2.21. The summed E-state index contributed by atoms with van der Waals surface area (Å²) in [5.74, 6) is 0.950. The lowest BCUT2D eigenvalue weighted by atomic mass is 10.0. The smallest absolute Gasteiger partial charge is 0.0576 e. The van der Waals surface area contributed by atoms with Gasteiger partial charge in [0, 0.05) is 6.61 Å². The normalized spacial score (nSPS) is 29.0. The molecule has 0 aromatic heterocycles. The van der Waals surface area contributed by atoms with Crippen molar-refractivity contribution in [2.75, 3.05) is 6.61 Å². The standard InChI is InChI=1S/C13H24O2/c14-12(7-6-11-4-5-11)8-9-13-3-1-2-10-15-13/h11-14H,1-10H2. The molecular weight excluding hydrogens is 188 g/mol. The van der Waals surface area contributed by atoms with Gasteiger partial charge in [0.25, 0.3) is 0 Å². The molecule has 1 N–H and O–H groups in total. The van der Waals surface area contributed by atoms with Gasteiger partial charge >= 0.3 is 0 Å². The first-order valence-electron chi connectivity index (χ1n) is 6.64. The van der Waals surface area contributed by atoms with Gasteiger partial charge in [-0.3, -0.25) is 0 Å². The summed E-state index contributed by atoms with van der Waals surface area (Å²) in [6.45, 7) is 0.933. The summed E-state index contributed by atoms with van der Waals surface area (Å²) in [6, 6.07) is 0. The highest BCUT2D eigenvalue weighted by Gasteiger charge is 2.22. The Morgan fingerprint density at radius 2 is 1.87 bits per heavy atom. The monoisotopic (exact) mass is 212 g/mol. The summed E-state index contributed by atoms with van der Waals surface area (Å²) in [7, 11) is 0. The molecule has 0 aromatic carbocycles. The second-order valence-corrected chi connectivity index (χ2v) is 5.24. The van der Waals surface area contributed by atoms with Crippen LogP contribution in [0.3, 0.4) is 0 Å². The van der Waals surface area contributed by atoms with E-state index in [1.165, 1.54) is 38.5 Å². The van der Waals surface area contributed by atoms with Crippen LogP contribution < -0.4 is 0 Å². The van der Waals surface area contributed by atoms with Crippen LogP contribution in [0.25, 0.3) is 0 Å². The van der Waals surface area contributed by atoms with Crippen molar-refractivity contribution >= 4 is 0 Å². The molecule has 2 unspecified atom stereocenters. The van der Waals surface area contributed by atoms with Gasteiger partial charge in [-0.25, -0.2) is 0 Å². The van der Waals surface area contributed by atoms with Crippen molar-refractivity contribution in [3.05, 3.63) is 0 Å². The number of aliphatic hydroxyl groups is 1. The molecule has 1 heterocycles. The molecular formula is C13H24O2. The Hall–Kier alpha value is -0.0800. The molecule has 0 amide bonds. The van der Waals surface area contributed by atoms with Gasteiger partial charge in [-0.15, -0.1) is 0 Å². The first-order valence-corrected chi connectivity index (χ1v) is 6.64. The van der Waals surface area contributed by atoms with Crippen LogP contribution in [0.4, 0.5) is 0 Å². The summed E-state index contributed by atoms with van der Waals surface area (Å²) in [6.07, 6.45) is 11.2. The van der Waals surface area contributed by atoms with Crippen LogP contribution in [0.2, 0.25) is 0 Å². The minimum atomic E-state index is -0.0730. The number of hydrogen-bond donors (Lipinski definition) is 1. The lowest BCUT2D eigenvalue weighted by Gasteiger charge is -2.23. The highest BCUT2D eigenvalue weighted by Crippen LogP contribution is 2.34. The molecule has 0 spiro atoms. The fraction of sp³-hybridized carbons (Fsp3) is 1.00. The van der Waals surface area contributed by atoms with Gasteiger partial charge in [-0.05, 0) is 50.9 Å². The zero-order valence-electron chi connectivity index (χ0n) is 9.66. The van der Waals surface area contributed by atoms with E-state index in [9.17, 15) is 5.11 Å². The van der Waals surface area contributed by atoms with Crippen LogP contribution in [0.1, 0.15) is 57.8 Å². The van der Waals surface area contributed by atoms with E-state index in [1.807, 2.05) is 0 Å². The van der Waals surface area contributed by atoms with E-state index in [-0.39, 0.29) is 6.10 Å². The van der Waals surface area contributed by atoms with E-state index in [2.05, 4.69) is 0 Å². The average Bonchev–Trinajstić information content (AvgIpc) is 3.09. The minimum Gasteiger partial charge on any atom is -0.393 e. The highest BCUT2D eigenvalue weighted by molar-refractivity contribution is 4.75. The molecule has 2 aliphatic rings. The van der Waals surface area contributed by atoms with Crippen molar-refractivity contribution in [2.24, 2.45) is 5.92 Å². The maximum atomic E-state index is 9.80. The Bertz CT molecular complexity index is 171. The van der Waals surface area contributed by atoms with Crippen molar-refractivity contribution in [3.8, 4) is 0 Å². The average molecular weight is 212 g/mol. The molecule has 88 valence electrons. The molecule has 2 heteroatoms. The van der Waals surface area contributed by atoms with Crippen LogP contribution in [0, 0.1) is 5.92 Å². The Morgan fingerprint density at radius 3 is 2.53 bits per heavy atom. The Balaban J connectivity index is 1.50. The van der Waals surface area contributed by atoms with Crippen molar-refractivity contribution in [1.29, 1.82) is 0 Å². The van der Waals surface area contributed by atoms with Gasteiger partial charge in [-0.2, -0.15) is 0 Å². The summed E-state index contributed by atoms with van der Waals surface area (Å²) in [5, 5.41) is 9.80. The van der Waals surface area contributed by atoms with Crippen molar-refractivity contribution in [1.82, 2.24) is 0 Å². The summed E-state index contributed by atoms with van der Waals surface area (Å²) >= 11 is 0. The molecule has 1 aliphatic heterocycles. The largest absolute Gasteiger partial charge is 0.393 e. The summed E-state index contributed by atoms with van der Waals surface area (Å²) in [4.78, 5) is 0. The van der Waals surface area contributed by atoms with Crippen molar-refractivity contribution < 1.29 is 9.84 Å². The molecule has 0 bridgehead atoms. The molecule has 2 atom stereocenters. The Labute approximate surface area is 93.0 Å². The zero-order chi connectivity index (χ0) is 10.5. The van der Waals surface area contributed by atoms with Gasteiger partial charge in [0.2, 0.25) is 0 Å². The van der Waals surface area contributed by atoms with Crippen LogP contribution >= 0.6 is 0 Å². The molecule has 0 radical (unpaired) electrons. The maximum Gasteiger partial charge on any atom is 0.0576 e. The van der Waals surface area contributed by atoms with E-state index in [4.69, 9.17) is 4.74 Å². The third kappa shape index (κ3) is 4.52. The minimum absolute atomic E-state index is 0.0730. The van der Waals surface area contributed by atoms with Crippen LogP contribution in [0.5, 0.6) is 0 Å². The number of aliphatic hydroxyl groups excluding tert-OH is 1. The van der Waals surface area contributed by atoms with Gasteiger partial charge < -0.3 is 9.84 Å². The van der Waals surface area contributed by atoms with Crippen molar-refractivity contribution in [3.63, 3.8) is 0 Å². The Kier molecular flexibility index (Phi) is 4.45. The molecule has 0 aromatic rings. The quantitative estimate of drug-likeness (QED) is 0.733. The molecule has 15 heavy (non-hydrogen) atoms. The van der Waals surface area contributed by atoms with Gasteiger partial charge in [-0.1, -0.05) is 12.8 Å². The molecule has 1 saturated heterocycles. The lowest BCUT2D eigenvalue weighted by molar-refractivity contribution is 0.00153. The van der Waals surface area contributed by atoms with E-state index >= 15 is 0 Å². The third-order valence-electron chi connectivity index (χ3n) is 3.70. The number of rotatable bonds is 6. The number of ether oxygens (including phenoxy) is 1. The zero-order valence-corrected chi connectivity index (χ0v) is 9.66. The predicted octanol–water partition coefficient (Wildman–Crippen LogP) is 2.89. The van der Waals surface area contributed by atoms with E-state index in [0.717, 1.165) is 31.8 Å². The van der Waals surface area contributed by atoms with Gasteiger partial charge in [0.1, 0.15) is 0 Å².